The second-order valence-electron chi connectivity index (χ2n) is 3.43. The molecule has 4 heteroatoms. The van der Waals surface area contributed by atoms with E-state index in [1.807, 2.05) is 12.4 Å². The zero-order chi connectivity index (χ0) is 10.7. The first kappa shape index (κ1) is 10.4. The van der Waals surface area contributed by atoms with Crippen LogP contribution in [0.3, 0.4) is 0 Å². The third-order valence-electron chi connectivity index (χ3n) is 2.41. The number of thiophene rings is 1. The standard InChI is InChI=1S/C11H15N3S/c1-2-14-4-3-13-11(14)6-9-5-10(7-12)15-8-9/h3-5,8H,2,6-7,12H2,1H3. The normalized spacial score (nSPS) is 10.8. The lowest BCUT2D eigenvalue weighted by Gasteiger charge is -2.02. The fraction of sp³-hybridized carbons (Fsp3) is 0.364. The molecule has 0 unspecified atom stereocenters. The number of imidazole rings is 1. The Balaban J connectivity index is 2.14. The first-order valence-corrected chi connectivity index (χ1v) is 5.97. The molecule has 15 heavy (non-hydrogen) atoms. The molecule has 0 atom stereocenters. The molecule has 2 aromatic rings. The number of aromatic nitrogens is 2. The van der Waals surface area contributed by atoms with Crippen LogP contribution in [0, 0.1) is 0 Å². The molecular formula is C11H15N3S. The lowest BCUT2D eigenvalue weighted by atomic mass is 10.2. The van der Waals surface area contributed by atoms with Crippen LogP contribution in [0.4, 0.5) is 0 Å². The summed E-state index contributed by atoms with van der Waals surface area (Å²) in [5.74, 6) is 1.12. The summed E-state index contributed by atoms with van der Waals surface area (Å²) in [6, 6.07) is 2.17. The Kier molecular flexibility index (Phi) is 3.18. The highest BCUT2D eigenvalue weighted by Crippen LogP contribution is 2.16. The topological polar surface area (TPSA) is 43.8 Å². The maximum Gasteiger partial charge on any atom is 0.113 e. The van der Waals surface area contributed by atoms with Gasteiger partial charge in [-0.25, -0.2) is 4.98 Å². The molecule has 0 aliphatic rings. The molecule has 0 radical (unpaired) electrons. The number of nitrogens with zero attached hydrogens (tertiary/aromatic N) is 2. The number of hydrogen-bond acceptors (Lipinski definition) is 3. The summed E-state index contributed by atoms with van der Waals surface area (Å²) >= 11 is 1.72. The van der Waals surface area contributed by atoms with Crippen LogP contribution in [0.5, 0.6) is 0 Å². The summed E-state index contributed by atoms with van der Waals surface area (Å²) in [5, 5.41) is 2.16. The van der Waals surface area contributed by atoms with Crippen molar-refractivity contribution in [2.45, 2.75) is 26.4 Å². The molecule has 0 fully saturated rings. The van der Waals surface area contributed by atoms with Crippen molar-refractivity contribution in [2.75, 3.05) is 0 Å². The van der Waals surface area contributed by atoms with Crippen molar-refractivity contribution in [1.29, 1.82) is 0 Å². The van der Waals surface area contributed by atoms with Gasteiger partial charge in [0.05, 0.1) is 0 Å². The fourth-order valence-corrected chi connectivity index (χ4v) is 2.37. The van der Waals surface area contributed by atoms with Crippen LogP contribution in [0.1, 0.15) is 23.2 Å². The van der Waals surface area contributed by atoms with Gasteiger partial charge in [0.2, 0.25) is 0 Å². The molecule has 2 heterocycles. The third kappa shape index (κ3) is 2.27. The second-order valence-corrected chi connectivity index (χ2v) is 4.43. The Labute approximate surface area is 93.6 Å². The van der Waals surface area contributed by atoms with Gasteiger partial charge in [-0.1, -0.05) is 0 Å². The van der Waals surface area contributed by atoms with Gasteiger partial charge in [0, 0.05) is 36.8 Å². The van der Waals surface area contributed by atoms with E-state index in [0.717, 1.165) is 18.8 Å². The van der Waals surface area contributed by atoms with E-state index in [-0.39, 0.29) is 0 Å². The molecule has 0 aromatic carbocycles. The molecule has 2 rings (SSSR count). The lowest BCUT2D eigenvalue weighted by Crippen LogP contribution is -2.01. The van der Waals surface area contributed by atoms with E-state index < -0.39 is 0 Å². The molecule has 2 N–H and O–H groups in total. The highest BCUT2D eigenvalue weighted by molar-refractivity contribution is 7.10. The summed E-state index contributed by atoms with van der Waals surface area (Å²) in [7, 11) is 0. The van der Waals surface area contributed by atoms with Gasteiger partial charge < -0.3 is 10.3 Å². The Morgan fingerprint density at radius 2 is 2.40 bits per heavy atom. The van der Waals surface area contributed by atoms with Crippen LogP contribution < -0.4 is 5.73 Å². The first-order chi connectivity index (χ1) is 7.33. The molecule has 3 nitrogen and oxygen atoms in total. The van der Waals surface area contributed by atoms with Crippen LogP contribution in [0.25, 0.3) is 0 Å². The van der Waals surface area contributed by atoms with E-state index in [0.29, 0.717) is 6.54 Å². The summed E-state index contributed by atoms with van der Waals surface area (Å²) < 4.78 is 2.17. The molecule has 0 amide bonds. The minimum Gasteiger partial charge on any atom is -0.335 e. The van der Waals surface area contributed by atoms with E-state index >= 15 is 0 Å². The van der Waals surface area contributed by atoms with Gasteiger partial charge in [0.1, 0.15) is 5.82 Å². The number of aryl methyl sites for hydroxylation is 1. The van der Waals surface area contributed by atoms with E-state index in [4.69, 9.17) is 5.73 Å². The van der Waals surface area contributed by atoms with Gasteiger partial charge in [0.15, 0.2) is 0 Å². The number of hydrogen-bond donors (Lipinski definition) is 1. The Hall–Kier alpha value is -1.13. The van der Waals surface area contributed by atoms with Crippen molar-refractivity contribution in [2.24, 2.45) is 5.73 Å². The molecule has 80 valence electrons. The highest BCUT2D eigenvalue weighted by atomic mass is 32.1. The van der Waals surface area contributed by atoms with Crippen molar-refractivity contribution in [3.63, 3.8) is 0 Å². The molecule has 2 aromatic heterocycles. The maximum absolute atomic E-state index is 5.58. The van der Waals surface area contributed by atoms with E-state index in [1.54, 1.807) is 11.3 Å². The van der Waals surface area contributed by atoms with Gasteiger partial charge in [-0.05, 0) is 23.9 Å². The highest BCUT2D eigenvalue weighted by Gasteiger charge is 2.04. The van der Waals surface area contributed by atoms with Crippen LogP contribution in [-0.2, 0) is 19.5 Å². The Bertz CT molecular complexity index is 430. The van der Waals surface area contributed by atoms with Gasteiger partial charge in [-0.15, -0.1) is 11.3 Å². The average molecular weight is 221 g/mol. The monoisotopic (exact) mass is 221 g/mol. The zero-order valence-electron chi connectivity index (χ0n) is 8.81. The zero-order valence-corrected chi connectivity index (χ0v) is 9.63. The third-order valence-corrected chi connectivity index (χ3v) is 3.42. The predicted molar refractivity (Wildman–Crippen MR) is 62.9 cm³/mol. The fourth-order valence-electron chi connectivity index (χ4n) is 1.60. The minimum absolute atomic E-state index is 0.632. The quantitative estimate of drug-likeness (QED) is 0.858. The second kappa shape index (κ2) is 4.59. The Morgan fingerprint density at radius 1 is 1.53 bits per heavy atom. The van der Waals surface area contributed by atoms with Gasteiger partial charge in [0.25, 0.3) is 0 Å². The summed E-state index contributed by atoms with van der Waals surface area (Å²) in [6.45, 7) is 3.74. The number of rotatable bonds is 4. The van der Waals surface area contributed by atoms with Crippen LogP contribution in [0.2, 0.25) is 0 Å². The van der Waals surface area contributed by atoms with Crippen LogP contribution >= 0.6 is 11.3 Å². The largest absolute Gasteiger partial charge is 0.335 e. The van der Waals surface area contributed by atoms with Crippen molar-refractivity contribution >= 4 is 11.3 Å². The van der Waals surface area contributed by atoms with Crippen molar-refractivity contribution in [1.82, 2.24) is 9.55 Å². The summed E-state index contributed by atoms with van der Waals surface area (Å²) in [5.41, 5.74) is 6.89. The SMILES string of the molecule is CCn1ccnc1Cc1csc(CN)c1. The van der Waals surface area contributed by atoms with E-state index in [9.17, 15) is 0 Å². The molecule has 0 saturated heterocycles. The van der Waals surface area contributed by atoms with Gasteiger partial charge in [-0.2, -0.15) is 0 Å². The summed E-state index contributed by atoms with van der Waals surface area (Å²) in [4.78, 5) is 5.59. The smallest absolute Gasteiger partial charge is 0.113 e. The van der Waals surface area contributed by atoms with Gasteiger partial charge in [-0.3, -0.25) is 0 Å². The molecular weight excluding hydrogens is 206 g/mol. The molecule has 0 spiro atoms. The maximum atomic E-state index is 5.58. The molecule has 0 saturated carbocycles. The Morgan fingerprint density at radius 3 is 3.07 bits per heavy atom. The van der Waals surface area contributed by atoms with E-state index in [1.165, 1.54) is 10.4 Å². The van der Waals surface area contributed by atoms with E-state index in [2.05, 4.69) is 27.9 Å². The van der Waals surface area contributed by atoms with Crippen LogP contribution in [-0.4, -0.2) is 9.55 Å². The molecule has 0 bridgehead atoms. The average Bonchev–Trinajstić information content (AvgIpc) is 2.87. The number of nitrogens with two attached hydrogens (primary N) is 1. The van der Waals surface area contributed by atoms with Crippen molar-refractivity contribution in [3.05, 3.63) is 40.1 Å². The van der Waals surface area contributed by atoms with Crippen molar-refractivity contribution in [3.8, 4) is 0 Å². The summed E-state index contributed by atoms with van der Waals surface area (Å²) in [6.07, 6.45) is 4.78. The minimum atomic E-state index is 0.632. The molecule has 0 aliphatic carbocycles. The van der Waals surface area contributed by atoms with Gasteiger partial charge >= 0.3 is 0 Å². The first-order valence-electron chi connectivity index (χ1n) is 5.10. The van der Waals surface area contributed by atoms with Crippen LogP contribution in [0.15, 0.2) is 23.8 Å². The van der Waals surface area contributed by atoms with Crippen molar-refractivity contribution < 1.29 is 0 Å². The molecule has 0 aliphatic heterocycles. The predicted octanol–water partition coefficient (Wildman–Crippen LogP) is 2.01. The lowest BCUT2D eigenvalue weighted by molar-refractivity contribution is 0.712.